The summed E-state index contributed by atoms with van der Waals surface area (Å²) in [6.45, 7) is 5.16. The van der Waals surface area contributed by atoms with Crippen molar-refractivity contribution in [3.05, 3.63) is 42.1 Å². The van der Waals surface area contributed by atoms with Crippen LogP contribution in [0.5, 0.6) is 0 Å². The predicted octanol–water partition coefficient (Wildman–Crippen LogP) is 2.04. The van der Waals surface area contributed by atoms with E-state index in [0.29, 0.717) is 11.4 Å². The fourth-order valence-corrected chi connectivity index (χ4v) is 1.09. The van der Waals surface area contributed by atoms with Gasteiger partial charge in [0.2, 0.25) is 0 Å². The Balaban J connectivity index is 2.74. The van der Waals surface area contributed by atoms with E-state index in [-0.39, 0.29) is 5.56 Å². The van der Waals surface area contributed by atoms with Crippen molar-refractivity contribution in [2.24, 2.45) is 0 Å². The number of hydrogen-bond acceptors (Lipinski definition) is 2. The number of rotatable bonds is 3. The SMILES string of the molecule is C=C(C)NC(=O)Nc1cccc(C(=O)O)c1. The first-order valence-corrected chi connectivity index (χ1v) is 4.56. The van der Waals surface area contributed by atoms with Crippen molar-refractivity contribution >= 4 is 17.7 Å². The lowest BCUT2D eigenvalue weighted by molar-refractivity contribution is 0.0697. The summed E-state index contributed by atoms with van der Waals surface area (Å²) in [6.07, 6.45) is 0. The van der Waals surface area contributed by atoms with Crippen molar-refractivity contribution in [3.8, 4) is 0 Å². The monoisotopic (exact) mass is 220 g/mol. The highest BCUT2D eigenvalue weighted by atomic mass is 16.4. The number of carbonyl (C=O) groups excluding carboxylic acids is 1. The molecule has 0 saturated carbocycles. The van der Waals surface area contributed by atoms with Crippen molar-refractivity contribution in [1.82, 2.24) is 5.32 Å². The molecular weight excluding hydrogens is 208 g/mol. The first-order chi connectivity index (χ1) is 7.49. The molecule has 0 aliphatic heterocycles. The van der Waals surface area contributed by atoms with E-state index in [9.17, 15) is 9.59 Å². The van der Waals surface area contributed by atoms with Crippen LogP contribution in [-0.2, 0) is 0 Å². The highest BCUT2D eigenvalue weighted by molar-refractivity contribution is 5.93. The summed E-state index contributed by atoms with van der Waals surface area (Å²) in [5.41, 5.74) is 1.04. The fourth-order valence-electron chi connectivity index (χ4n) is 1.09. The Morgan fingerprint density at radius 1 is 1.38 bits per heavy atom. The lowest BCUT2D eigenvalue weighted by Crippen LogP contribution is -2.26. The Kier molecular flexibility index (Phi) is 3.66. The number of anilines is 1. The molecule has 1 aromatic carbocycles. The second kappa shape index (κ2) is 4.97. The molecule has 84 valence electrons. The Morgan fingerprint density at radius 3 is 2.62 bits per heavy atom. The van der Waals surface area contributed by atoms with Gasteiger partial charge in [0, 0.05) is 11.4 Å². The van der Waals surface area contributed by atoms with Crippen LogP contribution in [0.3, 0.4) is 0 Å². The van der Waals surface area contributed by atoms with Gasteiger partial charge in [-0.05, 0) is 25.1 Å². The van der Waals surface area contributed by atoms with E-state index < -0.39 is 12.0 Å². The molecular formula is C11H12N2O3. The van der Waals surface area contributed by atoms with Crippen LogP contribution in [0.15, 0.2) is 36.5 Å². The summed E-state index contributed by atoms with van der Waals surface area (Å²) >= 11 is 0. The summed E-state index contributed by atoms with van der Waals surface area (Å²) in [5.74, 6) is -1.04. The number of aromatic carboxylic acids is 1. The first kappa shape index (κ1) is 11.8. The van der Waals surface area contributed by atoms with E-state index in [1.54, 1.807) is 19.1 Å². The van der Waals surface area contributed by atoms with Crippen molar-refractivity contribution in [2.75, 3.05) is 5.32 Å². The average Bonchev–Trinajstić information content (AvgIpc) is 2.16. The molecule has 1 aromatic rings. The van der Waals surface area contributed by atoms with Gasteiger partial charge in [-0.2, -0.15) is 0 Å². The van der Waals surface area contributed by atoms with E-state index in [4.69, 9.17) is 5.11 Å². The third-order valence-corrected chi connectivity index (χ3v) is 1.69. The Morgan fingerprint density at radius 2 is 2.06 bits per heavy atom. The van der Waals surface area contributed by atoms with Crippen LogP contribution in [0.25, 0.3) is 0 Å². The van der Waals surface area contributed by atoms with Gasteiger partial charge >= 0.3 is 12.0 Å². The minimum Gasteiger partial charge on any atom is -0.478 e. The minimum absolute atomic E-state index is 0.119. The van der Waals surface area contributed by atoms with Crippen LogP contribution in [0.4, 0.5) is 10.5 Å². The van der Waals surface area contributed by atoms with Crippen molar-refractivity contribution in [1.29, 1.82) is 0 Å². The third kappa shape index (κ3) is 3.45. The lowest BCUT2D eigenvalue weighted by Gasteiger charge is -2.07. The molecule has 0 aliphatic carbocycles. The second-order valence-corrected chi connectivity index (χ2v) is 3.25. The number of benzene rings is 1. The summed E-state index contributed by atoms with van der Waals surface area (Å²) in [7, 11) is 0. The molecule has 0 heterocycles. The number of urea groups is 1. The van der Waals surface area contributed by atoms with Crippen LogP contribution >= 0.6 is 0 Å². The van der Waals surface area contributed by atoms with Crippen LogP contribution < -0.4 is 10.6 Å². The Bertz CT molecular complexity index is 441. The Hall–Kier alpha value is -2.30. The van der Waals surface area contributed by atoms with Crippen molar-refractivity contribution in [2.45, 2.75) is 6.92 Å². The molecule has 0 aliphatic rings. The number of nitrogens with one attached hydrogen (secondary N) is 2. The maximum atomic E-state index is 11.3. The van der Waals surface area contributed by atoms with Gasteiger partial charge in [-0.15, -0.1) is 0 Å². The largest absolute Gasteiger partial charge is 0.478 e. The summed E-state index contributed by atoms with van der Waals surface area (Å²) in [6, 6.07) is 5.53. The highest BCUT2D eigenvalue weighted by Crippen LogP contribution is 2.10. The first-order valence-electron chi connectivity index (χ1n) is 4.56. The molecule has 0 saturated heterocycles. The topological polar surface area (TPSA) is 78.4 Å². The van der Waals surface area contributed by atoms with E-state index in [1.165, 1.54) is 12.1 Å². The molecule has 1 rings (SSSR count). The fraction of sp³-hybridized carbons (Fsp3) is 0.0909. The van der Waals surface area contributed by atoms with Crippen LogP contribution in [0.2, 0.25) is 0 Å². The van der Waals surface area contributed by atoms with E-state index in [2.05, 4.69) is 17.2 Å². The smallest absolute Gasteiger partial charge is 0.335 e. The minimum atomic E-state index is -1.04. The van der Waals surface area contributed by atoms with Crippen LogP contribution in [-0.4, -0.2) is 17.1 Å². The van der Waals surface area contributed by atoms with Gasteiger partial charge in [0.15, 0.2) is 0 Å². The maximum absolute atomic E-state index is 11.3. The van der Waals surface area contributed by atoms with Gasteiger partial charge in [0.05, 0.1) is 5.56 Å². The molecule has 5 nitrogen and oxygen atoms in total. The molecule has 0 unspecified atom stereocenters. The molecule has 0 atom stereocenters. The molecule has 0 spiro atoms. The maximum Gasteiger partial charge on any atom is 0.335 e. The molecule has 0 radical (unpaired) electrons. The van der Waals surface area contributed by atoms with Gasteiger partial charge in [-0.1, -0.05) is 12.6 Å². The highest BCUT2D eigenvalue weighted by Gasteiger charge is 2.05. The number of carboxylic acid groups (broad SMARTS) is 1. The molecule has 16 heavy (non-hydrogen) atoms. The zero-order valence-corrected chi connectivity index (χ0v) is 8.78. The number of allylic oxidation sites excluding steroid dienone is 1. The molecule has 0 bridgehead atoms. The van der Waals surface area contributed by atoms with Gasteiger partial charge < -0.3 is 15.7 Å². The third-order valence-electron chi connectivity index (χ3n) is 1.69. The summed E-state index contributed by atoms with van der Waals surface area (Å²) < 4.78 is 0. The summed E-state index contributed by atoms with van der Waals surface area (Å²) in [4.78, 5) is 21.9. The number of hydrogen-bond donors (Lipinski definition) is 3. The van der Waals surface area contributed by atoms with E-state index in [1.807, 2.05) is 0 Å². The molecule has 2 amide bonds. The molecule has 0 fully saturated rings. The summed E-state index contributed by atoms with van der Waals surface area (Å²) in [5, 5.41) is 13.7. The average molecular weight is 220 g/mol. The van der Waals surface area contributed by atoms with E-state index in [0.717, 1.165) is 0 Å². The molecule has 5 heteroatoms. The number of carbonyl (C=O) groups is 2. The molecule has 0 aromatic heterocycles. The zero-order chi connectivity index (χ0) is 12.1. The second-order valence-electron chi connectivity index (χ2n) is 3.25. The quantitative estimate of drug-likeness (QED) is 0.729. The van der Waals surface area contributed by atoms with E-state index >= 15 is 0 Å². The zero-order valence-electron chi connectivity index (χ0n) is 8.78. The van der Waals surface area contributed by atoms with Gasteiger partial charge in [0.25, 0.3) is 0 Å². The van der Waals surface area contributed by atoms with Gasteiger partial charge in [-0.3, -0.25) is 0 Å². The number of amides is 2. The van der Waals surface area contributed by atoms with Crippen LogP contribution in [0, 0.1) is 0 Å². The Labute approximate surface area is 92.8 Å². The van der Waals surface area contributed by atoms with Crippen molar-refractivity contribution < 1.29 is 14.7 Å². The lowest BCUT2D eigenvalue weighted by atomic mass is 10.2. The van der Waals surface area contributed by atoms with Crippen LogP contribution in [0.1, 0.15) is 17.3 Å². The normalized spacial score (nSPS) is 9.31. The predicted molar refractivity (Wildman–Crippen MR) is 60.4 cm³/mol. The van der Waals surface area contributed by atoms with Gasteiger partial charge in [-0.25, -0.2) is 9.59 Å². The van der Waals surface area contributed by atoms with Crippen molar-refractivity contribution in [3.63, 3.8) is 0 Å². The standard InChI is InChI=1S/C11H12N2O3/c1-7(2)12-11(16)13-9-5-3-4-8(6-9)10(14)15/h3-6H,1H2,2H3,(H,14,15)(H2,12,13,16). The molecule has 3 N–H and O–H groups in total. The van der Waals surface area contributed by atoms with Gasteiger partial charge in [0.1, 0.15) is 0 Å². The number of carboxylic acids is 1.